The minimum Gasteiger partial charge on any atom is -0.368 e. The number of benzene rings is 1. The second-order valence-electron chi connectivity index (χ2n) is 2.95. The lowest BCUT2D eigenvalue weighted by atomic mass is 10.2. The van der Waals surface area contributed by atoms with Crippen LogP contribution in [0.3, 0.4) is 0 Å². The SMILES string of the molecule is Nc1ncnc(C=Cc2ccccc2)n1. The van der Waals surface area contributed by atoms with Crippen molar-refractivity contribution in [3.63, 3.8) is 0 Å². The Balaban J connectivity index is 2.19. The topological polar surface area (TPSA) is 64.7 Å². The summed E-state index contributed by atoms with van der Waals surface area (Å²) in [5.41, 5.74) is 6.53. The number of aromatic nitrogens is 3. The highest BCUT2D eigenvalue weighted by molar-refractivity contribution is 5.66. The molecule has 4 nitrogen and oxygen atoms in total. The van der Waals surface area contributed by atoms with Gasteiger partial charge < -0.3 is 5.73 Å². The van der Waals surface area contributed by atoms with Crippen LogP contribution in [-0.4, -0.2) is 15.0 Å². The minimum absolute atomic E-state index is 0.234. The molecule has 0 atom stereocenters. The zero-order valence-corrected chi connectivity index (χ0v) is 8.04. The fourth-order valence-electron chi connectivity index (χ4n) is 1.14. The van der Waals surface area contributed by atoms with Crippen molar-refractivity contribution in [3.8, 4) is 0 Å². The van der Waals surface area contributed by atoms with Crippen molar-refractivity contribution in [2.24, 2.45) is 0 Å². The van der Waals surface area contributed by atoms with E-state index in [-0.39, 0.29) is 5.95 Å². The van der Waals surface area contributed by atoms with Gasteiger partial charge in [-0.1, -0.05) is 36.4 Å². The zero-order chi connectivity index (χ0) is 10.5. The maximum atomic E-state index is 5.43. The summed E-state index contributed by atoms with van der Waals surface area (Å²) < 4.78 is 0. The number of nitrogens with two attached hydrogens (primary N) is 1. The van der Waals surface area contributed by atoms with E-state index in [1.165, 1.54) is 6.33 Å². The molecule has 2 rings (SSSR count). The Labute approximate surface area is 87.5 Å². The molecule has 1 aromatic carbocycles. The molecule has 1 aromatic heterocycles. The first-order chi connectivity index (χ1) is 7.34. The lowest BCUT2D eigenvalue weighted by Crippen LogP contribution is -1.97. The standard InChI is InChI=1S/C11H10N4/c12-11-14-8-13-10(15-11)7-6-9-4-2-1-3-5-9/h1-8H,(H2,12,13,14,15). The monoisotopic (exact) mass is 198 g/mol. The third-order valence-electron chi connectivity index (χ3n) is 1.83. The van der Waals surface area contributed by atoms with Crippen LogP contribution in [0.25, 0.3) is 12.2 Å². The van der Waals surface area contributed by atoms with Gasteiger partial charge in [0.05, 0.1) is 0 Å². The molecular formula is C11H10N4. The molecule has 2 N–H and O–H groups in total. The first-order valence-corrected chi connectivity index (χ1v) is 4.52. The van der Waals surface area contributed by atoms with Gasteiger partial charge in [-0.3, -0.25) is 0 Å². The second kappa shape index (κ2) is 4.32. The predicted octanol–water partition coefficient (Wildman–Crippen LogP) is 1.62. The molecule has 0 aliphatic rings. The van der Waals surface area contributed by atoms with Crippen molar-refractivity contribution in [1.29, 1.82) is 0 Å². The number of anilines is 1. The van der Waals surface area contributed by atoms with Crippen molar-refractivity contribution in [2.45, 2.75) is 0 Å². The third kappa shape index (κ3) is 2.60. The molecule has 0 radical (unpaired) electrons. The zero-order valence-electron chi connectivity index (χ0n) is 8.04. The van der Waals surface area contributed by atoms with Gasteiger partial charge in [-0.05, 0) is 11.6 Å². The minimum atomic E-state index is 0.234. The van der Waals surface area contributed by atoms with Crippen molar-refractivity contribution >= 4 is 18.1 Å². The van der Waals surface area contributed by atoms with E-state index in [2.05, 4.69) is 15.0 Å². The lowest BCUT2D eigenvalue weighted by Gasteiger charge is -1.93. The Hall–Kier alpha value is -2.23. The molecule has 2 aromatic rings. The maximum absolute atomic E-state index is 5.43. The molecule has 4 heteroatoms. The van der Waals surface area contributed by atoms with Crippen LogP contribution >= 0.6 is 0 Å². The second-order valence-corrected chi connectivity index (χ2v) is 2.95. The van der Waals surface area contributed by atoms with Gasteiger partial charge in [0.15, 0.2) is 5.82 Å². The number of hydrogen-bond donors (Lipinski definition) is 1. The predicted molar refractivity (Wildman–Crippen MR) is 59.6 cm³/mol. The molecule has 0 amide bonds. The fourth-order valence-corrected chi connectivity index (χ4v) is 1.14. The van der Waals surface area contributed by atoms with Crippen molar-refractivity contribution in [2.75, 3.05) is 5.73 Å². The van der Waals surface area contributed by atoms with Gasteiger partial charge in [-0.25, -0.2) is 9.97 Å². The van der Waals surface area contributed by atoms with Crippen molar-refractivity contribution in [1.82, 2.24) is 15.0 Å². The molecular weight excluding hydrogens is 188 g/mol. The van der Waals surface area contributed by atoms with Crippen molar-refractivity contribution < 1.29 is 0 Å². The van der Waals surface area contributed by atoms with Gasteiger partial charge >= 0.3 is 0 Å². The molecule has 0 spiro atoms. The van der Waals surface area contributed by atoms with E-state index >= 15 is 0 Å². The molecule has 0 saturated carbocycles. The highest BCUT2D eigenvalue weighted by atomic mass is 15.1. The Kier molecular flexibility index (Phi) is 2.69. The highest BCUT2D eigenvalue weighted by Gasteiger charge is 1.91. The van der Waals surface area contributed by atoms with Gasteiger partial charge in [-0.2, -0.15) is 4.98 Å². The third-order valence-corrected chi connectivity index (χ3v) is 1.83. The molecule has 0 bridgehead atoms. The van der Waals surface area contributed by atoms with E-state index in [9.17, 15) is 0 Å². The van der Waals surface area contributed by atoms with E-state index in [0.29, 0.717) is 5.82 Å². The molecule has 15 heavy (non-hydrogen) atoms. The largest absolute Gasteiger partial charge is 0.368 e. The molecule has 0 aliphatic carbocycles. The Morgan fingerprint density at radius 3 is 2.53 bits per heavy atom. The van der Waals surface area contributed by atoms with Crippen molar-refractivity contribution in [3.05, 3.63) is 48.0 Å². The summed E-state index contributed by atoms with van der Waals surface area (Å²) in [6, 6.07) is 9.92. The van der Waals surface area contributed by atoms with Gasteiger partial charge in [0, 0.05) is 0 Å². The summed E-state index contributed by atoms with van der Waals surface area (Å²) in [5.74, 6) is 0.795. The molecule has 0 unspecified atom stereocenters. The van der Waals surface area contributed by atoms with E-state index in [1.54, 1.807) is 6.08 Å². The van der Waals surface area contributed by atoms with Crippen LogP contribution in [0.2, 0.25) is 0 Å². The first kappa shape index (κ1) is 9.33. The molecule has 1 heterocycles. The number of hydrogen-bond acceptors (Lipinski definition) is 4. The summed E-state index contributed by atoms with van der Waals surface area (Å²) in [6.07, 6.45) is 5.12. The van der Waals surface area contributed by atoms with Crippen LogP contribution in [0.5, 0.6) is 0 Å². The van der Waals surface area contributed by atoms with E-state index in [4.69, 9.17) is 5.73 Å². The van der Waals surface area contributed by atoms with Crippen LogP contribution in [0.15, 0.2) is 36.7 Å². The summed E-state index contributed by atoms with van der Waals surface area (Å²) in [6.45, 7) is 0. The Morgan fingerprint density at radius 1 is 1.00 bits per heavy atom. The van der Waals surface area contributed by atoms with E-state index < -0.39 is 0 Å². The number of rotatable bonds is 2. The van der Waals surface area contributed by atoms with Crippen LogP contribution in [0.1, 0.15) is 11.4 Å². The average Bonchev–Trinajstić information content (AvgIpc) is 2.28. The van der Waals surface area contributed by atoms with Gasteiger partial charge in [-0.15, -0.1) is 0 Å². The van der Waals surface area contributed by atoms with Gasteiger partial charge in [0.1, 0.15) is 6.33 Å². The molecule has 0 aliphatic heterocycles. The summed E-state index contributed by atoms with van der Waals surface area (Å²) >= 11 is 0. The summed E-state index contributed by atoms with van der Waals surface area (Å²) in [5, 5.41) is 0. The van der Waals surface area contributed by atoms with E-state index in [1.807, 2.05) is 36.4 Å². The first-order valence-electron chi connectivity index (χ1n) is 4.52. The highest BCUT2D eigenvalue weighted by Crippen LogP contribution is 2.04. The summed E-state index contributed by atoms with van der Waals surface area (Å²) in [4.78, 5) is 11.6. The number of nitrogen functional groups attached to an aromatic ring is 1. The molecule has 0 saturated heterocycles. The quantitative estimate of drug-likeness (QED) is 0.796. The molecule has 74 valence electrons. The maximum Gasteiger partial charge on any atom is 0.223 e. The summed E-state index contributed by atoms with van der Waals surface area (Å²) in [7, 11) is 0. The molecule has 0 fully saturated rings. The smallest absolute Gasteiger partial charge is 0.223 e. The number of nitrogens with zero attached hydrogens (tertiary/aromatic N) is 3. The Bertz CT molecular complexity index is 465. The van der Waals surface area contributed by atoms with Crippen LogP contribution < -0.4 is 5.73 Å². The van der Waals surface area contributed by atoms with Gasteiger partial charge in [0.25, 0.3) is 0 Å². The van der Waals surface area contributed by atoms with E-state index in [0.717, 1.165) is 5.56 Å². The average molecular weight is 198 g/mol. The van der Waals surface area contributed by atoms with Crippen LogP contribution in [0, 0.1) is 0 Å². The fraction of sp³-hybridized carbons (Fsp3) is 0. The van der Waals surface area contributed by atoms with Crippen LogP contribution in [-0.2, 0) is 0 Å². The lowest BCUT2D eigenvalue weighted by molar-refractivity contribution is 1.04. The normalized spacial score (nSPS) is 10.7. The Morgan fingerprint density at radius 2 is 1.80 bits per heavy atom. The van der Waals surface area contributed by atoms with Gasteiger partial charge in [0.2, 0.25) is 5.95 Å². The van der Waals surface area contributed by atoms with Crippen LogP contribution in [0.4, 0.5) is 5.95 Å².